The lowest BCUT2D eigenvalue weighted by atomic mass is 10.1. The molecule has 5 rings (SSSR count). The normalized spacial score (nSPS) is 14.3. The fourth-order valence-corrected chi connectivity index (χ4v) is 4.85. The first kappa shape index (κ1) is 22.3. The smallest absolute Gasteiger partial charge is 0.273 e. The summed E-state index contributed by atoms with van der Waals surface area (Å²) >= 11 is 1.48. The van der Waals surface area contributed by atoms with Crippen LogP contribution in [0.4, 0.5) is 0 Å². The lowest BCUT2D eigenvalue weighted by Gasteiger charge is -2.34. The molecule has 2 aromatic carbocycles. The summed E-state index contributed by atoms with van der Waals surface area (Å²) in [6, 6.07) is 18.2. The van der Waals surface area contributed by atoms with E-state index in [1.165, 1.54) is 16.9 Å². The molecule has 4 aromatic rings. The molecule has 0 unspecified atom stereocenters. The van der Waals surface area contributed by atoms with E-state index in [0.29, 0.717) is 5.69 Å². The Morgan fingerprint density at radius 2 is 1.79 bits per heavy atom. The van der Waals surface area contributed by atoms with Crippen molar-refractivity contribution in [2.75, 3.05) is 39.8 Å². The maximum Gasteiger partial charge on any atom is 0.273 e. The van der Waals surface area contributed by atoms with Crippen molar-refractivity contribution in [3.8, 4) is 22.0 Å². The maximum absolute atomic E-state index is 13.0. The van der Waals surface area contributed by atoms with E-state index in [-0.39, 0.29) is 5.91 Å². The van der Waals surface area contributed by atoms with Gasteiger partial charge in [0.25, 0.3) is 5.91 Å². The summed E-state index contributed by atoms with van der Waals surface area (Å²) < 4.78 is 7.05. The van der Waals surface area contributed by atoms with Crippen molar-refractivity contribution < 1.29 is 9.53 Å². The standard InChI is InChI=1S/C26H27N5O2S/c1-33-23-9-7-20(8-10-23)11-12-29-13-15-30(16-14-29)26(32)24-19-34-25(28-24)21-17-27-31(18-21)22-5-3-2-4-6-22/h2-10,17-19H,11-16H2,1H3. The van der Waals surface area contributed by atoms with Crippen molar-refractivity contribution in [1.82, 2.24) is 24.6 Å². The third-order valence-electron chi connectivity index (χ3n) is 6.11. The van der Waals surface area contributed by atoms with Crippen molar-refractivity contribution in [3.05, 3.63) is 83.6 Å². The second-order valence-corrected chi connectivity index (χ2v) is 9.14. The Morgan fingerprint density at radius 1 is 1.03 bits per heavy atom. The molecule has 174 valence electrons. The van der Waals surface area contributed by atoms with Gasteiger partial charge in [0.05, 0.1) is 19.0 Å². The van der Waals surface area contributed by atoms with Crippen molar-refractivity contribution in [3.63, 3.8) is 0 Å². The minimum absolute atomic E-state index is 0.00718. The first-order valence-corrected chi connectivity index (χ1v) is 12.3. The Kier molecular flexibility index (Phi) is 6.69. The maximum atomic E-state index is 13.0. The molecular formula is C26H27N5O2S. The fraction of sp³-hybridized carbons (Fsp3) is 0.269. The van der Waals surface area contributed by atoms with Crippen LogP contribution in [0.15, 0.2) is 72.4 Å². The fourth-order valence-electron chi connectivity index (χ4n) is 4.08. The summed E-state index contributed by atoms with van der Waals surface area (Å²) in [5.74, 6) is 0.888. The van der Waals surface area contributed by atoms with Gasteiger partial charge in [0.2, 0.25) is 0 Å². The average molecular weight is 474 g/mol. The molecule has 1 amide bonds. The third-order valence-corrected chi connectivity index (χ3v) is 7.00. The number of amides is 1. The summed E-state index contributed by atoms with van der Waals surface area (Å²) in [4.78, 5) is 22.0. The topological polar surface area (TPSA) is 63.5 Å². The summed E-state index contributed by atoms with van der Waals surface area (Å²) in [7, 11) is 1.68. The summed E-state index contributed by atoms with van der Waals surface area (Å²) in [5, 5.41) is 7.10. The number of carbonyl (C=O) groups excluding carboxylic acids is 1. The van der Waals surface area contributed by atoms with Crippen molar-refractivity contribution in [2.45, 2.75) is 6.42 Å². The van der Waals surface area contributed by atoms with E-state index in [1.54, 1.807) is 13.3 Å². The predicted molar refractivity (Wildman–Crippen MR) is 134 cm³/mol. The third kappa shape index (κ3) is 5.03. The average Bonchev–Trinajstić information content (AvgIpc) is 3.59. The quantitative estimate of drug-likeness (QED) is 0.406. The van der Waals surface area contributed by atoms with E-state index in [9.17, 15) is 4.79 Å². The molecule has 1 saturated heterocycles. The molecule has 0 radical (unpaired) electrons. The Morgan fingerprint density at radius 3 is 2.53 bits per heavy atom. The van der Waals surface area contributed by atoms with Crippen molar-refractivity contribution >= 4 is 17.2 Å². The number of piperazine rings is 1. The van der Waals surface area contributed by atoms with Crippen LogP contribution in [0.5, 0.6) is 5.75 Å². The van der Waals surface area contributed by atoms with Gasteiger partial charge in [-0.1, -0.05) is 30.3 Å². The number of thiazole rings is 1. The van der Waals surface area contributed by atoms with Crippen LogP contribution >= 0.6 is 11.3 Å². The number of para-hydroxylation sites is 1. The van der Waals surface area contributed by atoms with E-state index in [1.807, 2.05) is 63.6 Å². The number of benzene rings is 2. The van der Waals surface area contributed by atoms with Crippen LogP contribution in [0, 0.1) is 0 Å². The first-order valence-electron chi connectivity index (χ1n) is 11.4. The van der Waals surface area contributed by atoms with Crippen LogP contribution in [0.1, 0.15) is 16.1 Å². The molecule has 7 nitrogen and oxygen atoms in total. The van der Waals surface area contributed by atoms with Gasteiger partial charge < -0.3 is 9.64 Å². The number of hydrogen-bond donors (Lipinski definition) is 0. The van der Waals surface area contributed by atoms with Gasteiger partial charge in [0, 0.05) is 49.9 Å². The Balaban J connectivity index is 1.14. The highest BCUT2D eigenvalue weighted by atomic mass is 32.1. The van der Waals surface area contributed by atoms with Crippen LogP contribution in [-0.4, -0.2) is 70.3 Å². The number of hydrogen-bond acceptors (Lipinski definition) is 6. The number of methoxy groups -OCH3 is 1. The second kappa shape index (κ2) is 10.2. The number of nitrogens with zero attached hydrogens (tertiary/aromatic N) is 5. The van der Waals surface area contributed by atoms with Crippen LogP contribution in [0.3, 0.4) is 0 Å². The number of carbonyl (C=O) groups is 1. The second-order valence-electron chi connectivity index (χ2n) is 8.28. The minimum Gasteiger partial charge on any atom is -0.497 e. The summed E-state index contributed by atoms with van der Waals surface area (Å²) in [6.07, 6.45) is 4.73. The SMILES string of the molecule is COc1ccc(CCN2CCN(C(=O)c3csc(-c4cnn(-c5ccccc5)c4)n3)CC2)cc1. The monoisotopic (exact) mass is 473 g/mol. The van der Waals surface area contributed by atoms with Gasteiger partial charge in [-0.25, -0.2) is 9.67 Å². The van der Waals surface area contributed by atoms with Gasteiger partial charge >= 0.3 is 0 Å². The Labute approximate surface area is 203 Å². The summed E-state index contributed by atoms with van der Waals surface area (Å²) in [5.41, 5.74) is 3.71. The zero-order valence-corrected chi connectivity index (χ0v) is 19.9. The molecule has 1 fully saturated rings. The molecule has 0 saturated carbocycles. The molecular weight excluding hydrogens is 446 g/mol. The molecule has 2 aromatic heterocycles. The molecule has 3 heterocycles. The molecule has 0 spiro atoms. The lowest BCUT2D eigenvalue weighted by Crippen LogP contribution is -2.49. The van der Waals surface area contributed by atoms with Gasteiger partial charge in [0.15, 0.2) is 0 Å². The molecule has 8 heteroatoms. The van der Waals surface area contributed by atoms with Crippen molar-refractivity contribution in [2.24, 2.45) is 0 Å². The molecule has 1 aliphatic heterocycles. The van der Waals surface area contributed by atoms with E-state index in [2.05, 4.69) is 27.1 Å². The Hall–Kier alpha value is -3.49. The zero-order chi connectivity index (χ0) is 23.3. The van der Waals surface area contributed by atoms with E-state index < -0.39 is 0 Å². The van der Waals surface area contributed by atoms with Gasteiger partial charge in [-0.05, 0) is 36.2 Å². The highest BCUT2D eigenvalue weighted by molar-refractivity contribution is 7.13. The molecule has 0 aliphatic carbocycles. The number of aromatic nitrogens is 3. The van der Waals surface area contributed by atoms with E-state index in [4.69, 9.17) is 4.74 Å². The molecule has 0 N–H and O–H groups in total. The molecule has 1 aliphatic rings. The first-order chi connectivity index (χ1) is 16.7. The highest BCUT2D eigenvalue weighted by Gasteiger charge is 2.24. The molecule has 34 heavy (non-hydrogen) atoms. The van der Waals surface area contributed by atoms with E-state index >= 15 is 0 Å². The Bertz CT molecular complexity index is 1230. The van der Waals surface area contributed by atoms with Crippen LogP contribution < -0.4 is 4.74 Å². The minimum atomic E-state index is 0.00718. The van der Waals surface area contributed by atoms with Crippen LogP contribution in [0.25, 0.3) is 16.3 Å². The summed E-state index contributed by atoms with van der Waals surface area (Å²) in [6.45, 7) is 4.19. The highest BCUT2D eigenvalue weighted by Crippen LogP contribution is 2.25. The number of ether oxygens (including phenoxy) is 1. The van der Waals surface area contributed by atoms with Crippen LogP contribution in [0.2, 0.25) is 0 Å². The zero-order valence-electron chi connectivity index (χ0n) is 19.1. The predicted octanol–water partition coefficient (Wildman–Crippen LogP) is 4.00. The molecule has 0 atom stereocenters. The van der Waals surface area contributed by atoms with Gasteiger partial charge in [-0.3, -0.25) is 9.69 Å². The van der Waals surface area contributed by atoms with Crippen LogP contribution in [-0.2, 0) is 6.42 Å². The van der Waals surface area contributed by atoms with Gasteiger partial charge in [0.1, 0.15) is 16.5 Å². The van der Waals surface area contributed by atoms with Gasteiger partial charge in [-0.2, -0.15) is 5.10 Å². The number of rotatable bonds is 7. The lowest BCUT2D eigenvalue weighted by molar-refractivity contribution is 0.0633. The van der Waals surface area contributed by atoms with Crippen molar-refractivity contribution in [1.29, 1.82) is 0 Å². The molecule has 0 bridgehead atoms. The van der Waals surface area contributed by atoms with E-state index in [0.717, 1.165) is 61.2 Å². The largest absolute Gasteiger partial charge is 0.497 e. The van der Waals surface area contributed by atoms with Gasteiger partial charge in [-0.15, -0.1) is 11.3 Å².